The van der Waals surface area contributed by atoms with Gasteiger partial charge in [0.05, 0.1) is 4.47 Å². The molecule has 1 atom stereocenters. The maximum atomic E-state index is 12.1. The summed E-state index contributed by atoms with van der Waals surface area (Å²) in [6, 6.07) is 12.0. The van der Waals surface area contributed by atoms with Gasteiger partial charge in [0.15, 0.2) is 0 Å². The van der Waals surface area contributed by atoms with Crippen molar-refractivity contribution < 1.29 is 0 Å². The summed E-state index contributed by atoms with van der Waals surface area (Å²) in [6.45, 7) is 0.645. The fourth-order valence-corrected chi connectivity index (χ4v) is 3.74. The summed E-state index contributed by atoms with van der Waals surface area (Å²) in [7, 11) is 0. The van der Waals surface area contributed by atoms with Crippen molar-refractivity contribution in [3.63, 3.8) is 0 Å². The maximum absolute atomic E-state index is 12.1. The number of pyridine rings is 1. The highest BCUT2D eigenvalue weighted by Crippen LogP contribution is 2.21. The summed E-state index contributed by atoms with van der Waals surface area (Å²) in [6.07, 6.45) is 1.83. The molecule has 2 aromatic rings. The fourth-order valence-electron chi connectivity index (χ4n) is 1.91. The molecule has 0 fully saturated rings. The predicted molar refractivity (Wildman–Crippen MR) is 89.1 cm³/mol. The van der Waals surface area contributed by atoms with Crippen LogP contribution in [0.2, 0.25) is 0 Å². The van der Waals surface area contributed by atoms with Gasteiger partial charge >= 0.3 is 0 Å². The van der Waals surface area contributed by atoms with Gasteiger partial charge in [-0.3, -0.25) is 4.79 Å². The lowest BCUT2D eigenvalue weighted by Crippen LogP contribution is -2.24. The highest BCUT2D eigenvalue weighted by molar-refractivity contribution is 9.11. The Kier molecular flexibility index (Phi) is 5.42. The zero-order valence-electron chi connectivity index (χ0n) is 10.0. The van der Waals surface area contributed by atoms with Crippen LogP contribution in [0.4, 0.5) is 0 Å². The number of halogens is 3. The quantitative estimate of drug-likeness (QED) is 0.627. The largest absolute Gasteiger partial charge is 0.313 e. The smallest absolute Gasteiger partial charge is 0.264 e. The third-order valence-corrected chi connectivity index (χ3v) is 4.67. The number of rotatable bonds is 4. The van der Waals surface area contributed by atoms with Gasteiger partial charge < -0.3 is 4.57 Å². The summed E-state index contributed by atoms with van der Waals surface area (Å²) in [4.78, 5) is 12.1. The molecule has 0 bridgehead atoms. The Morgan fingerprint density at radius 1 is 1.16 bits per heavy atom. The molecule has 0 spiro atoms. The van der Waals surface area contributed by atoms with Crippen LogP contribution < -0.4 is 5.56 Å². The minimum atomic E-state index is -0.00918. The second kappa shape index (κ2) is 6.86. The van der Waals surface area contributed by atoms with Gasteiger partial charge in [0, 0.05) is 28.5 Å². The molecule has 0 aliphatic rings. The summed E-state index contributed by atoms with van der Waals surface area (Å²) in [5, 5.41) is 0.813. The first-order chi connectivity index (χ1) is 9.11. The first-order valence-electron chi connectivity index (χ1n) is 5.78. The van der Waals surface area contributed by atoms with Crippen LogP contribution in [-0.4, -0.2) is 9.90 Å². The minimum Gasteiger partial charge on any atom is -0.313 e. The third-order valence-electron chi connectivity index (χ3n) is 2.88. The monoisotopic (exact) mass is 447 g/mol. The molecular weight excluding hydrogens is 438 g/mol. The van der Waals surface area contributed by atoms with Crippen LogP contribution in [0.3, 0.4) is 0 Å². The average Bonchev–Trinajstić information content (AvgIpc) is 2.42. The molecule has 0 saturated heterocycles. The normalized spacial score (nSPS) is 12.4. The number of hydrogen-bond donors (Lipinski definition) is 0. The Morgan fingerprint density at radius 2 is 1.84 bits per heavy atom. The average molecular weight is 450 g/mol. The molecule has 2 rings (SSSR count). The minimum absolute atomic E-state index is 0.00918. The third kappa shape index (κ3) is 3.80. The van der Waals surface area contributed by atoms with Crippen molar-refractivity contribution in [3.8, 4) is 0 Å². The SMILES string of the molecule is O=c1c(Br)cc(Br)cn1CC(CBr)c1ccccc1. The molecule has 1 aromatic heterocycles. The van der Waals surface area contributed by atoms with Crippen molar-refractivity contribution >= 4 is 47.8 Å². The molecule has 0 N–H and O–H groups in total. The van der Waals surface area contributed by atoms with E-state index < -0.39 is 0 Å². The van der Waals surface area contributed by atoms with Crippen LogP contribution in [0.25, 0.3) is 0 Å². The molecule has 0 amide bonds. The molecule has 1 unspecified atom stereocenters. The number of benzene rings is 1. The van der Waals surface area contributed by atoms with Crippen LogP contribution >= 0.6 is 47.8 Å². The molecular formula is C14H12Br3NO. The van der Waals surface area contributed by atoms with Gasteiger partial charge in [0.1, 0.15) is 0 Å². The van der Waals surface area contributed by atoms with Crippen molar-refractivity contribution in [2.24, 2.45) is 0 Å². The maximum Gasteiger partial charge on any atom is 0.264 e. The molecule has 0 radical (unpaired) electrons. The van der Waals surface area contributed by atoms with E-state index in [-0.39, 0.29) is 11.5 Å². The molecule has 0 aliphatic carbocycles. The molecule has 1 heterocycles. The van der Waals surface area contributed by atoms with Gasteiger partial charge in [-0.2, -0.15) is 0 Å². The molecule has 1 aromatic carbocycles. The zero-order chi connectivity index (χ0) is 13.8. The van der Waals surface area contributed by atoms with E-state index in [0.29, 0.717) is 11.0 Å². The second-order valence-corrected chi connectivity index (χ2v) is 6.64. The Morgan fingerprint density at radius 3 is 2.47 bits per heavy atom. The highest BCUT2D eigenvalue weighted by Gasteiger charge is 2.12. The molecule has 2 nitrogen and oxygen atoms in total. The van der Waals surface area contributed by atoms with Crippen LogP contribution in [0.15, 0.2) is 56.3 Å². The van der Waals surface area contributed by atoms with E-state index in [2.05, 4.69) is 59.9 Å². The van der Waals surface area contributed by atoms with Gasteiger partial charge in [-0.15, -0.1) is 0 Å². The lowest BCUT2D eigenvalue weighted by Gasteiger charge is -2.16. The Labute approximate surface area is 137 Å². The standard InChI is InChI=1S/C14H12Br3NO/c15-7-11(10-4-2-1-3-5-10)8-18-9-12(16)6-13(17)14(18)19/h1-6,9,11H,7-8H2. The Hall–Kier alpha value is -0.390. The first-order valence-corrected chi connectivity index (χ1v) is 8.49. The topological polar surface area (TPSA) is 22.0 Å². The van der Waals surface area contributed by atoms with E-state index in [4.69, 9.17) is 0 Å². The summed E-state index contributed by atoms with van der Waals surface area (Å²) in [5.74, 6) is 0.264. The summed E-state index contributed by atoms with van der Waals surface area (Å²) >= 11 is 10.2. The van der Waals surface area contributed by atoms with Crippen LogP contribution in [0.1, 0.15) is 11.5 Å². The van der Waals surface area contributed by atoms with Crippen molar-refractivity contribution in [2.75, 3.05) is 5.33 Å². The molecule has 0 saturated carbocycles. The van der Waals surface area contributed by atoms with Crippen molar-refractivity contribution in [1.82, 2.24) is 4.57 Å². The predicted octanol–water partition coefficient (Wildman–Crippen LogP) is 4.55. The Balaban J connectivity index is 2.32. The van der Waals surface area contributed by atoms with Crippen LogP contribution in [0.5, 0.6) is 0 Å². The summed E-state index contributed by atoms with van der Waals surface area (Å²) < 4.78 is 3.19. The van der Waals surface area contributed by atoms with Crippen LogP contribution in [-0.2, 0) is 6.54 Å². The van der Waals surface area contributed by atoms with E-state index in [1.54, 1.807) is 10.6 Å². The van der Waals surface area contributed by atoms with E-state index in [0.717, 1.165) is 9.80 Å². The van der Waals surface area contributed by atoms with E-state index >= 15 is 0 Å². The van der Waals surface area contributed by atoms with Crippen LogP contribution in [0, 0.1) is 0 Å². The van der Waals surface area contributed by atoms with Gasteiger partial charge in [0.25, 0.3) is 5.56 Å². The van der Waals surface area contributed by atoms with E-state index in [9.17, 15) is 4.79 Å². The van der Waals surface area contributed by atoms with E-state index in [1.165, 1.54) is 5.56 Å². The van der Waals surface area contributed by atoms with Crippen molar-refractivity contribution in [2.45, 2.75) is 12.5 Å². The van der Waals surface area contributed by atoms with Crippen molar-refractivity contribution in [3.05, 3.63) is 67.5 Å². The Bertz CT molecular complexity index is 610. The molecule has 19 heavy (non-hydrogen) atoms. The van der Waals surface area contributed by atoms with Gasteiger partial charge in [0.2, 0.25) is 0 Å². The fraction of sp³-hybridized carbons (Fsp3) is 0.214. The summed E-state index contributed by atoms with van der Waals surface area (Å²) in [5.41, 5.74) is 1.22. The lowest BCUT2D eigenvalue weighted by atomic mass is 10.0. The number of nitrogens with zero attached hydrogens (tertiary/aromatic N) is 1. The van der Waals surface area contributed by atoms with Gasteiger partial charge in [-0.25, -0.2) is 0 Å². The van der Waals surface area contributed by atoms with Crippen molar-refractivity contribution in [1.29, 1.82) is 0 Å². The lowest BCUT2D eigenvalue weighted by molar-refractivity contribution is 0.585. The number of alkyl halides is 1. The second-order valence-electron chi connectivity index (χ2n) is 4.23. The highest BCUT2D eigenvalue weighted by atomic mass is 79.9. The van der Waals surface area contributed by atoms with Gasteiger partial charge in [-0.05, 0) is 43.5 Å². The number of hydrogen-bond acceptors (Lipinski definition) is 1. The molecule has 100 valence electrons. The molecule has 5 heteroatoms. The van der Waals surface area contributed by atoms with E-state index in [1.807, 2.05) is 24.4 Å². The molecule has 0 aliphatic heterocycles. The number of aromatic nitrogens is 1. The first kappa shape index (κ1) is 15.0. The van der Waals surface area contributed by atoms with Gasteiger partial charge in [-0.1, -0.05) is 46.3 Å². The zero-order valence-corrected chi connectivity index (χ0v) is 14.8.